The lowest BCUT2D eigenvalue weighted by Crippen LogP contribution is -2.60. The first kappa shape index (κ1) is 27.1. The minimum atomic E-state index is -0.981. The lowest BCUT2D eigenvalue weighted by Gasteiger charge is -2.41. The van der Waals surface area contributed by atoms with Gasteiger partial charge in [0, 0.05) is 70.1 Å². The van der Waals surface area contributed by atoms with Gasteiger partial charge in [0.1, 0.15) is 18.1 Å². The third kappa shape index (κ3) is 5.76. The molecule has 2 aromatic rings. The summed E-state index contributed by atoms with van der Waals surface area (Å²) in [5, 5.41) is 3.53. The molecule has 0 bridgehead atoms. The van der Waals surface area contributed by atoms with Crippen LogP contribution in [-0.2, 0) is 21.4 Å². The second-order valence-corrected chi connectivity index (χ2v) is 11.8. The van der Waals surface area contributed by atoms with Crippen LogP contribution in [0.25, 0.3) is 0 Å². The van der Waals surface area contributed by atoms with Crippen molar-refractivity contribution in [3.63, 3.8) is 0 Å². The van der Waals surface area contributed by atoms with Gasteiger partial charge < -0.3 is 15.0 Å². The minimum Gasteiger partial charge on any atom is -0.377 e. The first-order valence-electron chi connectivity index (χ1n) is 13.5. The molecule has 2 fully saturated rings. The van der Waals surface area contributed by atoms with Gasteiger partial charge in [0.2, 0.25) is 5.91 Å². The van der Waals surface area contributed by atoms with Crippen molar-refractivity contribution in [1.82, 2.24) is 20.1 Å². The molecule has 0 saturated carbocycles. The number of likely N-dealkylation sites (tertiary alicyclic amines) is 1. The van der Waals surface area contributed by atoms with Crippen LogP contribution in [0.1, 0.15) is 37.6 Å². The number of hydrogen-bond acceptors (Lipinski definition) is 6. The molecule has 0 unspecified atom stereocenters. The maximum Gasteiger partial charge on any atom is 0.241 e. The van der Waals surface area contributed by atoms with Crippen molar-refractivity contribution in [2.75, 3.05) is 57.8 Å². The lowest BCUT2D eigenvalue weighted by molar-refractivity contribution is -0.120. The number of hydrogen-bond donors (Lipinski definition) is 1. The molecule has 5 rings (SSSR count). The number of fused-ring (bicyclic) bond motifs is 1. The second-order valence-electron chi connectivity index (χ2n) is 11.8. The van der Waals surface area contributed by atoms with Crippen LogP contribution in [0, 0.1) is 5.82 Å². The zero-order valence-electron chi connectivity index (χ0n) is 22.8. The van der Waals surface area contributed by atoms with Crippen LogP contribution < -0.4 is 10.2 Å². The molecule has 3 aliphatic rings. The molecule has 0 spiro atoms. The van der Waals surface area contributed by atoms with Gasteiger partial charge in [-0.1, -0.05) is 26.0 Å². The zero-order chi connectivity index (χ0) is 27.0. The molecule has 38 heavy (non-hydrogen) atoms. The van der Waals surface area contributed by atoms with Crippen molar-refractivity contribution in [3.05, 3.63) is 59.2 Å². The van der Waals surface area contributed by atoms with Crippen molar-refractivity contribution >= 4 is 11.6 Å². The molecule has 3 aliphatic heterocycles. The molecule has 2 saturated heterocycles. The molecule has 0 radical (unpaired) electrons. The lowest BCUT2D eigenvalue weighted by atomic mass is 9.91. The Morgan fingerprint density at radius 2 is 1.95 bits per heavy atom. The van der Waals surface area contributed by atoms with Crippen molar-refractivity contribution < 1.29 is 18.3 Å². The largest absolute Gasteiger partial charge is 0.377 e. The molecular formula is C29H39F2N5O2. The Hall–Kier alpha value is -2.46. The molecule has 1 N–H and O–H groups in total. The normalized spacial score (nSPS) is 27.6. The highest BCUT2D eigenvalue weighted by atomic mass is 19.1. The molecule has 4 heterocycles. The number of alkyl halides is 1. The van der Waals surface area contributed by atoms with Gasteiger partial charge in [-0.3, -0.25) is 19.6 Å². The molecule has 206 valence electrons. The minimum absolute atomic E-state index is 0.0521. The number of carbonyl (C=O) groups excluding carboxylic acids is 1. The number of ether oxygens (including phenoxy) is 1. The number of piperazine rings is 1. The van der Waals surface area contributed by atoms with Crippen molar-refractivity contribution in [1.29, 1.82) is 0 Å². The summed E-state index contributed by atoms with van der Waals surface area (Å²) in [6.45, 7) is 10.4. The number of aromatic nitrogens is 1. The summed E-state index contributed by atoms with van der Waals surface area (Å²) in [6.07, 6.45) is 1.12. The predicted octanol–water partition coefficient (Wildman–Crippen LogP) is 2.77. The molecular weight excluding hydrogens is 488 g/mol. The average molecular weight is 528 g/mol. The number of pyridine rings is 1. The van der Waals surface area contributed by atoms with Crippen LogP contribution >= 0.6 is 0 Å². The van der Waals surface area contributed by atoms with E-state index in [4.69, 9.17) is 9.72 Å². The molecule has 7 nitrogen and oxygen atoms in total. The highest BCUT2D eigenvalue weighted by Gasteiger charge is 2.41. The molecule has 4 atom stereocenters. The van der Waals surface area contributed by atoms with E-state index in [0.29, 0.717) is 39.1 Å². The molecule has 1 aromatic heterocycles. The van der Waals surface area contributed by atoms with Crippen LogP contribution in [0.5, 0.6) is 0 Å². The van der Waals surface area contributed by atoms with E-state index in [1.54, 1.807) is 19.2 Å². The monoisotopic (exact) mass is 527 g/mol. The van der Waals surface area contributed by atoms with Gasteiger partial charge in [-0.2, -0.15) is 0 Å². The standard InChI is InChI=1S/C29H39F2N5O2/c1-19-13-35(23(12-32-19)14-34-15-24(31)26(16-34)38-4)17-27(37)36-18-29(2,3)28-25(36)10-21(11-33-28)9-20-5-7-22(30)8-6-20/h5-8,10-11,19,23-24,26,32H,9,12-18H2,1-4H3/t19-,23-,24-,26+/m1/s1. The van der Waals surface area contributed by atoms with Gasteiger partial charge in [0.15, 0.2) is 0 Å². The fraction of sp³-hybridized carbons (Fsp3) is 0.586. The molecule has 0 aliphatic carbocycles. The van der Waals surface area contributed by atoms with Crippen LogP contribution in [0.2, 0.25) is 0 Å². The topological polar surface area (TPSA) is 60.9 Å². The van der Waals surface area contributed by atoms with Crippen LogP contribution in [0.3, 0.4) is 0 Å². The fourth-order valence-electron chi connectivity index (χ4n) is 6.08. The van der Waals surface area contributed by atoms with E-state index in [-0.39, 0.29) is 35.3 Å². The number of rotatable bonds is 7. The number of amides is 1. The fourth-order valence-corrected chi connectivity index (χ4v) is 6.08. The highest BCUT2D eigenvalue weighted by Crippen LogP contribution is 2.39. The van der Waals surface area contributed by atoms with Gasteiger partial charge in [-0.15, -0.1) is 0 Å². The summed E-state index contributed by atoms with van der Waals surface area (Å²) in [6, 6.07) is 8.92. The third-order valence-corrected chi connectivity index (χ3v) is 8.14. The Labute approximate surface area is 224 Å². The first-order chi connectivity index (χ1) is 18.1. The van der Waals surface area contributed by atoms with E-state index in [2.05, 4.69) is 42.0 Å². The Kier molecular flexibility index (Phi) is 7.82. The number of nitrogens with one attached hydrogen (secondary N) is 1. The summed E-state index contributed by atoms with van der Waals surface area (Å²) in [4.78, 5) is 24.8. The van der Waals surface area contributed by atoms with E-state index in [0.717, 1.165) is 35.6 Å². The number of carbonyl (C=O) groups is 1. The molecule has 9 heteroatoms. The number of nitrogens with zero attached hydrogens (tertiary/aromatic N) is 4. The maximum atomic E-state index is 14.3. The number of benzene rings is 1. The molecule has 1 aromatic carbocycles. The van der Waals surface area contributed by atoms with E-state index < -0.39 is 6.17 Å². The van der Waals surface area contributed by atoms with E-state index >= 15 is 0 Å². The first-order valence-corrected chi connectivity index (χ1v) is 13.5. The summed E-state index contributed by atoms with van der Waals surface area (Å²) in [7, 11) is 1.56. The van der Waals surface area contributed by atoms with Gasteiger partial charge in [0.05, 0.1) is 17.9 Å². The smallest absolute Gasteiger partial charge is 0.241 e. The Bertz CT molecular complexity index is 1140. The van der Waals surface area contributed by atoms with Gasteiger partial charge in [0.25, 0.3) is 0 Å². The van der Waals surface area contributed by atoms with Gasteiger partial charge in [-0.25, -0.2) is 8.78 Å². The van der Waals surface area contributed by atoms with E-state index in [9.17, 15) is 13.6 Å². The summed E-state index contributed by atoms with van der Waals surface area (Å²) < 4.78 is 32.9. The molecule has 1 amide bonds. The number of halogens is 2. The van der Waals surface area contributed by atoms with E-state index in [1.807, 2.05) is 11.1 Å². The quantitative estimate of drug-likeness (QED) is 0.598. The highest BCUT2D eigenvalue weighted by molar-refractivity contribution is 5.97. The van der Waals surface area contributed by atoms with Crippen molar-refractivity contribution in [3.8, 4) is 0 Å². The van der Waals surface area contributed by atoms with Gasteiger partial charge >= 0.3 is 0 Å². The predicted molar refractivity (Wildman–Crippen MR) is 144 cm³/mol. The average Bonchev–Trinajstić information content (AvgIpc) is 3.37. The van der Waals surface area contributed by atoms with Crippen LogP contribution in [0.15, 0.2) is 36.5 Å². The zero-order valence-corrected chi connectivity index (χ0v) is 22.8. The Morgan fingerprint density at radius 3 is 2.66 bits per heavy atom. The van der Waals surface area contributed by atoms with Crippen LogP contribution in [0.4, 0.5) is 14.5 Å². The summed E-state index contributed by atoms with van der Waals surface area (Å²) >= 11 is 0. The SMILES string of the molecule is CO[C@H]1CN(C[C@H]2CN[C@H](C)CN2CC(=O)N2CC(C)(C)c3ncc(Cc4ccc(F)cc4)cc32)C[C@H]1F. The Morgan fingerprint density at radius 1 is 1.18 bits per heavy atom. The van der Waals surface area contributed by atoms with Crippen molar-refractivity contribution in [2.45, 2.75) is 57.0 Å². The summed E-state index contributed by atoms with van der Waals surface area (Å²) in [5.74, 6) is -0.205. The second kappa shape index (κ2) is 11.0. The third-order valence-electron chi connectivity index (χ3n) is 8.14. The van der Waals surface area contributed by atoms with Crippen LogP contribution in [-0.4, -0.2) is 98.0 Å². The summed E-state index contributed by atoms with van der Waals surface area (Å²) in [5.41, 5.74) is 3.52. The Balaban J connectivity index is 1.31. The number of methoxy groups -OCH3 is 1. The maximum absolute atomic E-state index is 14.3. The van der Waals surface area contributed by atoms with Crippen molar-refractivity contribution in [2.24, 2.45) is 0 Å². The van der Waals surface area contributed by atoms with E-state index in [1.165, 1.54) is 12.1 Å². The van der Waals surface area contributed by atoms with Gasteiger partial charge in [-0.05, 0) is 42.7 Å². The number of anilines is 1.